The topological polar surface area (TPSA) is 51.9 Å². The van der Waals surface area contributed by atoms with Gasteiger partial charge in [-0.25, -0.2) is 0 Å². The van der Waals surface area contributed by atoms with Crippen molar-refractivity contribution in [3.63, 3.8) is 0 Å². The van der Waals surface area contributed by atoms with Gasteiger partial charge in [-0.3, -0.25) is 9.48 Å². The lowest BCUT2D eigenvalue weighted by molar-refractivity contribution is 0.0935. The summed E-state index contributed by atoms with van der Waals surface area (Å²) >= 11 is 0. The fourth-order valence-corrected chi connectivity index (χ4v) is 3.87. The maximum Gasteiger partial charge on any atom is 0.251 e. The van der Waals surface area contributed by atoms with Crippen molar-refractivity contribution >= 4 is 16.8 Å². The van der Waals surface area contributed by atoms with E-state index in [-0.39, 0.29) is 11.9 Å². The lowest BCUT2D eigenvalue weighted by Gasteiger charge is -2.18. The Labute approximate surface area is 155 Å². The summed E-state index contributed by atoms with van der Waals surface area (Å²) in [6.45, 7) is 11.2. The molecular formula is C21H28N4O. The zero-order chi connectivity index (χ0) is 19.0. The van der Waals surface area contributed by atoms with Crippen LogP contribution in [-0.2, 0) is 13.6 Å². The van der Waals surface area contributed by atoms with Crippen LogP contribution in [-0.4, -0.2) is 20.3 Å². The maximum atomic E-state index is 12.9. The summed E-state index contributed by atoms with van der Waals surface area (Å²) in [5, 5.41) is 8.93. The van der Waals surface area contributed by atoms with E-state index < -0.39 is 0 Å². The quantitative estimate of drug-likeness (QED) is 0.748. The summed E-state index contributed by atoms with van der Waals surface area (Å²) in [7, 11) is 2.03. The fraction of sp³-hybridized carbons (Fsp3) is 0.429. The highest BCUT2D eigenvalue weighted by atomic mass is 16.1. The van der Waals surface area contributed by atoms with Gasteiger partial charge in [0.2, 0.25) is 0 Å². The molecule has 0 bridgehead atoms. The first-order valence-electron chi connectivity index (χ1n) is 9.27. The molecule has 26 heavy (non-hydrogen) atoms. The molecule has 2 aromatic heterocycles. The number of hydrogen-bond acceptors (Lipinski definition) is 2. The summed E-state index contributed by atoms with van der Waals surface area (Å²) in [4.78, 5) is 12.9. The van der Waals surface area contributed by atoms with Crippen molar-refractivity contribution in [2.24, 2.45) is 7.05 Å². The number of aromatic nitrogens is 3. The van der Waals surface area contributed by atoms with Crippen molar-refractivity contribution in [3.8, 4) is 0 Å². The van der Waals surface area contributed by atoms with Crippen LogP contribution in [0.25, 0.3) is 10.9 Å². The molecule has 1 atom stereocenters. The fourth-order valence-electron chi connectivity index (χ4n) is 3.87. The second-order valence-electron chi connectivity index (χ2n) is 6.99. The summed E-state index contributed by atoms with van der Waals surface area (Å²) in [5.41, 5.74) is 6.28. The van der Waals surface area contributed by atoms with Crippen molar-refractivity contribution in [1.82, 2.24) is 19.7 Å². The number of aryl methyl sites for hydroxylation is 4. The second kappa shape index (κ2) is 6.98. The van der Waals surface area contributed by atoms with E-state index in [0.29, 0.717) is 5.56 Å². The van der Waals surface area contributed by atoms with Gasteiger partial charge in [0.25, 0.3) is 5.91 Å². The standard InChI is InChI=1S/C21H28N4O/c1-7-18(20-14(4)23-25(8-2)15(20)5)22-21(26)16-9-10-19-17(11-16)13(3)12-24(19)6/h9-12,18H,7-8H2,1-6H3,(H,22,26). The van der Waals surface area contributed by atoms with Crippen LogP contribution in [0, 0.1) is 20.8 Å². The molecule has 1 unspecified atom stereocenters. The lowest BCUT2D eigenvalue weighted by atomic mass is 10.0. The first kappa shape index (κ1) is 18.2. The van der Waals surface area contributed by atoms with Crippen molar-refractivity contribution in [3.05, 3.63) is 52.5 Å². The number of nitrogens with one attached hydrogen (secondary N) is 1. The van der Waals surface area contributed by atoms with E-state index in [1.807, 2.05) is 36.9 Å². The van der Waals surface area contributed by atoms with E-state index in [2.05, 4.69) is 48.9 Å². The molecule has 5 nitrogen and oxygen atoms in total. The minimum absolute atomic E-state index is 0.0321. The van der Waals surface area contributed by atoms with Gasteiger partial charge in [-0.15, -0.1) is 0 Å². The normalized spacial score (nSPS) is 12.5. The molecule has 1 aromatic carbocycles. The van der Waals surface area contributed by atoms with Crippen LogP contribution >= 0.6 is 0 Å². The largest absolute Gasteiger partial charge is 0.350 e. The minimum Gasteiger partial charge on any atom is -0.350 e. The van der Waals surface area contributed by atoms with Gasteiger partial charge in [-0.2, -0.15) is 5.10 Å². The van der Waals surface area contributed by atoms with Gasteiger partial charge in [-0.1, -0.05) is 6.92 Å². The van der Waals surface area contributed by atoms with E-state index in [1.54, 1.807) is 0 Å². The highest BCUT2D eigenvalue weighted by Gasteiger charge is 2.22. The Bertz CT molecular complexity index is 964. The third-order valence-corrected chi connectivity index (χ3v) is 5.25. The second-order valence-corrected chi connectivity index (χ2v) is 6.99. The van der Waals surface area contributed by atoms with Gasteiger partial charge in [0.15, 0.2) is 0 Å². The molecule has 0 aliphatic heterocycles. The number of fused-ring (bicyclic) bond motifs is 1. The Morgan fingerprint density at radius 2 is 1.96 bits per heavy atom. The third kappa shape index (κ3) is 3.02. The van der Waals surface area contributed by atoms with Crippen LogP contribution in [0.4, 0.5) is 0 Å². The molecule has 2 heterocycles. The Morgan fingerprint density at radius 3 is 2.58 bits per heavy atom. The van der Waals surface area contributed by atoms with Gasteiger partial charge < -0.3 is 9.88 Å². The number of nitrogens with zero attached hydrogens (tertiary/aromatic N) is 3. The highest BCUT2D eigenvalue weighted by molar-refractivity contribution is 5.99. The number of amides is 1. The van der Waals surface area contributed by atoms with Gasteiger partial charge in [0.1, 0.15) is 0 Å². The molecule has 5 heteroatoms. The Kier molecular flexibility index (Phi) is 4.90. The highest BCUT2D eigenvalue weighted by Crippen LogP contribution is 2.26. The van der Waals surface area contributed by atoms with Crippen molar-refractivity contribution in [2.45, 2.75) is 53.6 Å². The Balaban J connectivity index is 1.91. The van der Waals surface area contributed by atoms with Gasteiger partial charge in [0, 0.05) is 47.5 Å². The predicted octanol–water partition coefficient (Wildman–Crippen LogP) is 4.20. The van der Waals surface area contributed by atoms with E-state index in [9.17, 15) is 4.79 Å². The number of rotatable bonds is 5. The van der Waals surface area contributed by atoms with E-state index in [0.717, 1.165) is 40.8 Å². The molecule has 138 valence electrons. The van der Waals surface area contributed by atoms with E-state index in [4.69, 9.17) is 0 Å². The molecule has 1 amide bonds. The van der Waals surface area contributed by atoms with Crippen LogP contribution in [0.1, 0.15) is 59.2 Å². The van der Waals surface area contributed by atoms with Crippen molar-refractivity contribution < 1.29 is 4.79 Å². The molecule has 3 rings (SSSR count). The number of hydrogen-bond donors (Lipinski definition) is 1. The lowest BCUT2D eigenvalue weighted by Crippen LogP contribution is -2.29. The molecule has 1 N–H and O–H groups in total. The molecule has 0 saturated heterocycles. The van der Waals surface area contributed by atoms with Crippen LogP contribution in [0.15, 0.2) is 24.4 Å². The zero-order valence-electron chi connectivity index (χ0n) is 16.6. The molecule has 0 radical (unpaired) electrons. The summed E-state index contributed by atoms with van der Waals surface area (Å²) in [5.74, 6) is -0.0370. The molecule has 0 saturated carbocycles. The predicted molar refractivity (Wildman–Crippen MR) is 106 cm³/mol. The molecule has 0 aliphatic carbocycles. The monoisotopic (exact) mass is 352 g/mol. The number of carbonyl (C=O) groups excluding carboxylic acids is 1. The molecule has 0 aliphatic rings. The molecule has 3 aromatic rings. The molecule has 0 spiro atoms. The van der Waals surface area contributed by atoms with E-state index in [1.165, 1.54) is 5.56 Å². The molecule has 0 fully saturated rings. The first-order chi connectivity index (χ1) is 12.4. The first-order valence-corrected chi connectivity index (χ1v) is 9.27. The van der Waals surface area contributed by atoms with Crippen LogP contribution in [0.5, 0.6) is 0 Å². The summed E-state index contributed by atoms with van der Waals surface area (Å²) < 4.78 is 4.09. The Morgan fingerprint density at radius 1 is 1.23 bits per heavy atom. The molecular weight excluding hydrogens is 324 g/mol. The summed E-state index contributed by atoms with van der Waals surface area (Å²) in [6.07, 6.45) is 2.92. The number of benzene rings is 1. The average molecular weight is 352 g/mol. The smallest absolute Gasteiger partial charge is 0.251 e. The SMILES string of the molecule is CCC(NC(=O)c1ccc2c(c1)c(C)cn2C)c1c(C)nn(CC)c1C. The number of carbonyl (C=O) groups is 1. The van der Waals surface area contributed by atoms with Crippen LogP contribution < -0.4 is 5.32 Å². The van der Waals surface area contributed by atoms with Crippen LogP contribution in [0.3, 0.4) is 0 Å². The van der Waals surface area contributed by atoms with Crippen molar-refractivity contribution in [1.29, 1.82) is 0 Å². The third-order valence-electron chi connectivity index (χ3n) is 5.25. The van der Waals surface area contributed by atoms with Gasteiger partial charge in [0.05, 0.1) is 11.7 Å². The van der Waals surface area contributed by atoms with Crippen molar-refractivity contribution in [2.75, 3.05) is 0 Å². The Hall–Kier alpha value is -2.56. The summed E-state index contributed by atoms with van der Waals surface area (Å²) in [6, 6.07) is 5.88. The minimum atomic E-state index is -0.0370. The zero-order valence-corrected chi connectivity index (χ0v) is 16.6. The maximum absolute atomic E-state index is 12.9. The van der Waals surface area contributed by atoms with E-state index >= 15 is 0 Å². The van der Waals surface area contributed by atoms with Crippen LogP contribution in [0.2, 0.25) is 0 Å². The average Bonchev–Trinajstić information content (AvgIpc) is 3.08. The van der Waals surface area contributed by atoms with Gasteiger partial charge in [-0.05, 0) is 57.9 Å². The van der Waals surface area contributed by atoms with Gasteiger partial charge >= 0.3 is 0 Å².